The van der Waals surface area contributed by atoms with Gasteiger partial charge in [0.25, 0.3) is 5.91 Å². The standard InChI is InChI=1S/C21H21FN4O/c22-16-6-8-17(9-7-16)25-21(27)19-14-24-26(18-4-2-1-3-5-18)20(19)15-10-12-23-13-11-15/h1-9,14-15,23H,10-13H2,(H,25,27). The number of piperidine rings is 1. The van der Waals surface area contributed by atoms with Gasteiger partial charge in [-0.2, -0.15) is 5.10 Å². The zero-order valence-electron chi connectivity index (χ0n) is 14.9. The minimum absolute atomic E-state index is 0.225. The molecule has 27 heavy (non-hydrogen) atoms. The van der Waals surface area contributed by atoms with Crippen molar-refractivity contribution in [2.45, 2.75) is 18.8 Å². The number of para-hydroxylation sites is 1. The molecule has 1 aliphatic heterocycles. The number of rotatable bonds is 4. The Bertz CT molecular complexity index is 915. The molecular formula is C21H21FN4O. The van der Waals surface area contributed by atoms with Crippen LogP contribution < -0.4 is 10.6 Å². The lowest BCUT2D eigenvalue weighted by atomic mass is 9.91. The largest absolute Gasteiger partial charge is 0.322 e. The Balaban J connectivity index is 1.70. The Labute approximate surface area is 157 Å². The highest BCUT2D eigenvalue weighted by molar-refractivity contribution is 6.05. The third-order valence-corrected chi connectivity index (χ3v) is 4.88. The van der Waals surface area contributed by atoms with E-state index in [1.165, 1.54) is 12.1 Å². The summed E-state index contributed by atoms with van der Waals surface area (Å²) in [5.41, 5.74) is 2.99. The number of benzene rings is 2. The van der Waals surface area contributed by atoms with Gasteiger partial charge in [0.1, 0.15) is 5.82 Å². The summed E-state index contributed by atoms with van der Waals surface area (Å²) in [4.78, 5) is 12.9. The predicted octanol–water partition coefficient (Wildman–Crippen LogP) is 3.73. The topological polar surface area (TPSA) is 59.0 Å². The normalized spacial score (nSPS) is 14.9. The van der Waals surface area contributed by atoms with Crippen LogP contribution in [0.3, 0.4) is 0 Å². The molecule has 0 bridgehead atoms. The lowest BCUT2D eigenvalue weighted by Crippen LogP contribution is -2.29. The monoisotopic (exact) mass is 364 g/mol. The summed E-state index contributed by atoms with van der Waals surface area (Å²) in [6.45, 7) is 1.84. The highest BCUT2D eigenvalue weighted by Crippen LogP contribution is 2.30. The van der Waals surface area contributed by atoms with Gasteiger partial charge in [-0.05, 0) is 62.3 Å². The molecule has 0 aliphatic carbocycles. The summed E-state index contributed by atoms with van der Waals surface area (Å²) < 4.78 is 15.0. The molecule has 2 heterocycles. The van der Waals surface area contributed by atoms with Gasteiger partial charge >= 0.3 is 0 Å². The van der Waals surface area contributed by atoms with Gasteiger partial charge in [-0.25, -0.2) is 9.07 Å². The van der Waals surface area contributed by atoms with Crippen LogP contribution in [0, 0.1) is 5.82 Å². The zero-order chi connectivity index (χ0) is 18.6. The van der Waals surface area contributed by atoms with Gasteiger partial charge in [-0.1, -0.05) is 18.2 Å². The van der Waals surface area contributed by atoms with E-state index in [0.717, 1.165) is 37.3 Å². The van der Waals surface area contributed by atoms with Gasteiger partial charge < -0.3 is 10.6 Å². The summed E-state index contributed by atoms with van der Waals surface area (Å²) in [7, 11) is 0. The van der Waals surface area contributed by atoms with Crippen molar-refractivity contribution in [2.24, 2.45) is 0 Å². The van der Waals surface area contributed by atoms with Crippen molar-refractivity contribution in [3.63, 3.8) is 0 Å². The molecule has 0 spiro atoms. The molecule has 6 heteroatoms. The lowest BCUT2D eigenvalue weighted by Gasteiger charge is -2.24. The first-order valence-electron chi connectivity index (χ1n) is 9.13. The van der Waals surface area contributed by atoms with Crippen LogP contribution in [0.25, 0.3) is 5.69 Å². The van der Waals surface area contributed by atoms with Gasteiger partial charge in [0, 0.05) is 11.6 Å². The van der Waals surface area contributed by atoms with Crippen molar-refractivity contribution in [3.05, 3.63) is 77.9 Å². The molecule has 3 aromatic rings. The molecule has 138 valence electrons. The van der Waals surface area contributed by atoms with Crippen molar-refractivity contribution in [1.29, 1.82) is 0 Å². The third-order valence-electron chi connectivity index (χ3n) is 4.88. The summed E-state index contributed by atoms with van der Waals surface area (Å²) in [6.07, 6.45) is 3.54. The molecule has 4 rings (SSSR count). The fourth-order valence-corrected chi connectivity index (χ4v) is 3.53. The second-order valence-corrected chi connectivity index (χ2v) is 6.68. The highest BCUT2D eigenvalue weighted by Gasteiger charge is 2.27. The third kappa shape index (κ3) is 3.75. The molecule has 0 atom stereocenters. The van der Waals surface area contributed by atoms with Crippen LogP contribution in [0.4, 0.5) is 10.1 Å². The summed E-state index contributed by atoms with van der Waals surface area (Å²) >= 11 is 0. The van der Waals surface area contributed by atoms with Crippen LogP contribution in [0.15, 0.2) is 60.8 Å². The number of aromatic nitrogens is 2. The van der Waals surface area contributed by atoms with E-state index in [0.29, 0.717) is 11.3 Å². The minimum Gasteiger partial charge on any atom is -0.322 e. The maximum Gasteiger partial charge on any atom is 0.259 e. The zero-order valence-corrected chi connectivity index (χ0v) is 14.9. The molecule has 1 fully saturated rings. The van der Waals surface area contributed by atoms with E-state index in [1.54, 1.807) is 18.3 Å². The van der Waals surface area contributed by atoms with E-state index < -0.39 is 0 Å². The second-order valence-electron chi connectivity index (χ2n) is 6.68. The SMILES string of the molecule is O=C(Nc1ccc(F)cc1)c1cnn(-c2ccccc2)c1C1CCNCC1. The predicted molar refractivity (Wildman–Crippen MR) is 103 cm³/mol. The Hall–Kier alpha value is -2.99. The van der Waals surface area contributed by atoms with Crippen LogP contribution in [-0.2, 0) is 0 Å². The first-order chi connectivity index (χ1) is 13.2. The van der Waals surface area contributed by atoms with Gasteiger partial charge in [-0.3, -0.25) is 4.79 Å². The summed E-state index contributed by atoms with van der Waals surface area (Å²) in [5, 5.41) is 10.7. The number of nitrogens with zero attached hydrogens (tertiary/aromatic N) is 2. The number of anilines is 1. The average molecular weight is 364 g/mol. The molecule has 0 radical (unpaired) electrons. The Morgan fingerprint density at radius 2 is 1.78 bits per heavy atom. The van der Waals surface area contributed by atoms with Crippen LogP contribution in [0.5, 0.6) is 0 Å². The van der Waals surface area contributed by atoms with E-state index >= 15 is 0 Å². The van der Waals surface area contributed by atoms with Crippen LogP contribution in [0.1, 0.15) is 34.8 Å². The van der Waals surface area contributed by atoms with E-state index in [-0.39, 0.29) is 17.6 Å². The van der Waals surface area contributed by atoms with E-state index in [9.17, 15) is 9.18 Å². The Kier molecular flexibility index (Phi) is 4.98. The maximum absolute atomic E-state index is 13.1. The second kappa shape index (κ2) is 7.72. The van der Waals surface area contributed by atoms with Crippen LogP contribution in [-0.4, -0.2) is 28.8 Å². The number of carbonyl (C=O) groups is 1. The first-order valence-corrected chi connectivity index (χ1v) is 9.13. The molecule has 2 aromatic carbocycles. The highest BCUT2D eigenvalue weighted by atomic mass is 19.1. The minimum atomic E-state index is -0.333. The Morgan fingerprint density at radius 3 is 2.48 bits per heavy atom. The van der Waals surface area contributed by atoms with E-state index in [1.807, 2.05) is 35.0 Å². The van der Waals surface area contributed by atoms with Gasteiger partial charge in [0.2, 0.25) is 0 Å². The van der Waals surface area contributed by atoms with Gasteiger partial charge in [0.05, 0.1) is 23.1 Å². The Morgan fingerprint density at radius 1 is 1.07 bits per heavy atom. The van der Waals surface area contributed by atoms with Gasteiger partial charge in [-0.15, -0.1) is 0 Å². The maximum atomic E-state index is 13.1. The van der Waals surface area contributed by atoms with Crippen LogP contribution in [0.2, 0.25) is 0 Å². The number of hydrogen-bond donors (Lipinski definition) is 2. The van der Waals surface area contributed by atoms with Gasteiger partial charge in [0.15, 0.2) is 0 Å². The molecule has 0 saturated carbocycles. The fraction of sp³-hybridized carbons (Fsp3) is 0.238. The van der Waals surface area contributed by atoms with E-state index in [4.69, 9.17) is 0 Å². The average Bonchev–Trinajstić information content (AvgIpc) is 3.16. The molecule has 5 nitrogen and oxygen atoms in total. The number of carbonyl (C=O) groups excluding carboxylic acids is 1. The van der Waals surface area contributed by atoms with E-state index in [2.05, 4.69) is 15.7 Å². The smallest absolute Gasteiger partial charge is 0.259 e. The number of nitrogens with one attached hydrogen (secondary N) is 2. The van der Waals surface area contributed by atoms with Crippen molar-refractivity contribution >= 4 is 11.6 Å². The molecule has 1 aliphatic rings. The first kappa shape index (κ1) is 17.4. The quantitative estimate of drug-likeness (QED) is 0.742. The fourth-order valence-electron chi connectivity index (χ4n) is 3.53. The number of amides is 1. The summed E-state index contributed by atoms with van der Waals surface area (Å²) in [6, 6.07) is 15.6. The molecule has 1 aromatic heterocycles. The summed E-state index contributed by atoms with van der Waals surface area (Å²) in [5.74, 6) is -0.305. The lowest BCUT2D eigenvalue weighted by molar-refractivity contribution is 0.102. The van der Waals surface area contributed by atoms with Crippen molar-refractivity contribution in [3.8, 4) is 5.69 Å². The number of halogens is 1. The van der Waals surface area contributed by atoms with Crippen molar-refractivity contribution in [1.82, 2.24) is 15.1 Å². The number of hydrogen-bond acceptors (Lipinski definition) is 3. The molecule has 2 N–H and O–H groups in total. The van der Waals surface area contributed by atoms with Crippen molar-refractivity contribution < 1.29 is 9.18 Å². The molecule has 0 unspecified atom stereocenters. The van der Waals surface area contributed by atoms with Crippen molar-refractivity contribution in [2.75, 3.05) is 18.4 Å². The molecular weight excluding hydrogens is 343 g/mol. The molecule has 1 saturated heterocycles. The molecule has 1 amide bonds. The van der Waals surface area contributed by atoms with Crippen LogP contribution >= 0.6 is 0 Å².